The van der Waals surface area contributed by atoms with Crippen LogP contribution in [0.25, 0.3) is 11.7 Å². The maximum Gasteiger partial charge on any atom is 0.437 e. The summed E-state index contributed by atoms with van der Waals surface area (Å²) in [5.41, 5.74) is 0.412. The van der Waals surface area contributed by atoms with Crippen molar-refractivity contribution in [1.29, 1.82) is 0 Å². The lowest BCUT2D eigenvalue weighted by Crippen LogP contribution is -2.26. The zero-order valence-electron chi connectivity index (χ0n) is 13.5. The molecule has 0 spiro atoms. The highest BCUT2D eigenvalue weighted by Crippen LogP contribution is 2.28. The fraction of sp³-hybridized carbons (Fsp3) is 0.188. The number of nitrogens with zero attached hydrogens (tertiary/aromatic N) is 2. The smallest absolute Gasteiger partial charge is 0.437 e. The molecular formula is C16H15N3O6. The first-order chi connectivity index (χ1) is 12.1. The number of hydrogen-bond acceptors (Lipinski definition) is 7. The van der Waals surface area contributed by atoms with E-state index in [1.807, 2.05) is 0 Å². The maximum absolute atomic E-state index is 12.2. The fourth-order valence-electron chi connectivity index (χ4n) is 2.14. The summed E-state index contributed by atoms with van der Waals surface area (Å²) in [5.74, 6) is 0.0623. The van der Waals surface area contributed by atoms with Crippen LogP contribution in [0.2, 0.25) is 0 Å². The number of amides is 1. The second kappa shape index (κ2) is 6.95. The third kappa shape index (κ3) is 3.55. The Labute approximate surface area is 141 Å². The van der Waals surface area contributed by atoms with Gasteiger partial charge in [0.1, 0.15) is 18.0 Å². The zero-order valence-corrected chi connectivity index (χ0v) is 13.5. The Morgan fingerprint density at radius 3 is 2.80 bits per heavy atom. The molecule has 0 radical (unpaired) electrons. The predicted molar refractivity (Wildman–Crippen MR) is 86.6 cm³/mol. The van der Waals surface area contributed by atoms with Crippen molar-refractivity contribution in [3.05, 3.63) is 47.1 Å². The highest BCUT2D eigenvalue weighted by molar-refractivity contribution is 5.92. The summed E-state index contributed by atoms with van der Waals surface area (Å²) < 4.78 is 21.3. The molecule has 0 saturated carbocycles. The molecule has 25 heavy (non-hydrogen) atoms. The summed E-state index contributed by atoms with van der Waals surface area (Å²) in [6.07, 6.45) is 1.43. The molecule has 1 aromatic carbocycles. The largest absolute Gasteiger partial charge is 0.497 e. The molecule has 130 valence electrons. The normalized spacial score (nSPS) is 10.5. The van der Waals surface area contributed by atoms with Gasteiger partial charge in [0, 0.05) is 6.07 Å². The third-order valence-electron chi connectivity index (χ3n) is 3.31. The van der Waals surface area contributed by atoms with Crippen LogP contribution >= 0.6 is 0 Å². The van der Waals surface area contributed by atoms with E-state index in [4.69, 9.17) is 18.3 Å². The van der Waals surface area contributed by atoms with E-state index in [9.17, 15) is 9.59 Å². The van der Waals surface area contributed by atoms with E-state index in [0.29, 0.717) is 22.9 Å². The fourth-order valence-corrected chi connectivity index (χ4v) is 2.14. The number of furan rings is 1. The number of aromatic nitrogens is 2. The number of ether oxygens (including phenoxy) is 2. The first kappa shape index (κ1) is 16.4. The minimum absolute atomic E-state index is 0.00163. The number of nitrogens with one attached hydrogen (secondary N) is 1. The number of carbonyl (C=O) groups excluding carboxylic acids is 1. The van der Waals surface area contributed by atoms with Gasteiger partial charge in [-0.1, -0.05) is 0 Å². The summed E-state index contributed by atoms with van der Waals surface area (Å²) in [6, 6.07) is 8.20. The van der Waals surface area contributed by atoms with Crippen LogP contribution < -0.4 is 20.5 Å². The van der Waals surface area contributed by atoms with Gasteiger partial charge < -0.3 is 23.6 Å². The molecule has 0 unspecified atom stereocenters. The lowest BCUT2D eigenvalue weighted by molar-refractivity contribution is -0.117. The van der Waals surface area contributed by atoms with Crippen molar-refractivity contribution in [3.63, 3.8) is 0 Å². The van der Waals surface area contributed by atoms with Gasteiger partial charge >= 0.3 is 5.76 Å². The van der Waals surface area contributed by atoms with E-state index in [1.165, 1.54) is 20.5 Å². The molecule has 0 bridgehead atoms. The van der Waals surface area contributed by atoms with E-state index in [-0.39, 0.29) is 12.4 Å². The Kier molecular flexibility index (Phi) is 4.55. The van der Waals surface area contributed by atoms with E-state index in [1.54, 1.807) is 30.3 Å². The molecule has 1 N–H and O–H groups in total. The molecule has 0 fully saturated rings. The van der Waals surface area contributed by atoms with Crippen LogP contribution in [0.4, 0.5) is 5.69 Å². The van der Waals surface area contributed by atoms with E-state index >= 15 is 0 Å². The second-order valence-electron chi connectivity index (χ2n) is 4.92. The van der Waals surface area contributed by atoms with Crippen LogP contribution in [0, 0.1) is 0 Å². The molecular weight excluding hydrogens is 330 g/mol. The molecule has 0 aliphatic carbocycles. The Bertz CT molecular complexity index is 926. The highest BCUT2D eigenvalue weighted by atomic mass is 16.5. The summed E-state index contributed by atoms with van der Waals surface area (Å²) >= 11 is 0. The van der Waals surface area contributed by atoms with Crippen LogP contribution in [0.5, 0.6) is 11.5 Å². The van der Waals surface area contributed by atoms with Gasteiger partial charge in [-0.15, -0.1) is 5.10 Å². The van der Waals surface area contributed by atoms with Crippen LogP contribution in [-0.4, -0.2) is 29.9 Å². The summed E-state index contributed by atoms with van der Waals surface area (Å²) in [6.45, 7) is -0.330. The molecule has 0 atom stereocenters. The topological polar surface area (TPSA) is 109 Å². The van der Waals surface area contributed by atoms with Crippen molar-refractivity contribution in [2.45, 2.75) is 6.54 Å². The average Bonchev–Trinajstić information content (AvgIpc) is 3.25. The molecule has 9 heteroatoms. The molecule has 1 amide bonds. The van der Waals surface area contributed by atoms with Crippen molar-refractivity contribution >= 4 is 11.6 Å². The minimum atomic E-state index is -0.765. The van der Waals surface area contributed by atoms with Crippen molar-refractivity contribution in [3.8, 4) is 23.1 Å². The second-order valence-corrected chi connectivity index (χ2v) is 4.92. The predicted octanol–water partition coefficient (Wildman–Crippen LogP) is 1.75. The van der Waals surface area contributed by atoms with E-state index in [0.717, 1.165) is 4.68 Å². The highest BCUT2D eigenvalue weighted by Gasteiger charge is 2.16. The molecule has 2 aromatic heterocycles. The van der Waals surface area contributed by atoms with Gasteiger partial charge in [-0.25, -0.2) is 4.79 Å². The van der Waals surface area contributed by atoms with Crippen molar-refractivity contribution in [2.75, 3.05) is 19.5 Å². The van der Waals surface area contributed by atoms with Gasteiger partial charge in [0.15, 0.2) is 5.76 Å². The van der Waals surface area contributed by atoms with Crippen molar-refractivity contribution < 1.29 is 23.1 Å². The Morgan fingerprint density at radius 1 is 1.28 bits per heavy atom. The van der Waals surface area contributed by atoms with Crippen LogP contribution in [0.3, 0.4) is 0 Å². The number of anilines is 1. The van der Waals surface area contributed by atoms with Gasteiger partial charge in [-0.3, -0.25) is 4.79 Å². The van der Waals surface area contributed by atoms with E-state index < -0.39 is 11.7 Å². The zero-order chi connectivity index (χ0) is 17.8. The summed E-state index contributed by atoms with van der Waals surface area (Å²) in [5, 5.41) is 6.58. The first-order valence-corrected chi connectivity index (χ1v) is 7.24. The third-order valence-corrected chi connectivity index (χ3v) is 3.31. The lowest BCUT2D eigenvalue weighted by Gasteiger charge is -2.11. The monoisotopic (exact) mass is 345 g/mol. The Morgan fingerprint density at radius 2 is 2.12 bits per heavy atom. The molecule has 3 rings (SSSR count). The Balaban J connectivity index is 1.76. The molecule has 9 nitrogen and oxygen atoms in total. The molecule has 0 aliphatic heterocycles. The van der Waals surface area contributed by atoms with Gasteiger partial charge in [0.2, 0.25) is 5.91 Å². The number of methoxy groups -OCH3 is 2. The molecule has 3 aromatic rings. The van der Waals surface area contributed by atoms with Gasteiger partial charge in [0.05, 0.1) is 26.2 Å². The molecule has 2 heterocycles. The van der Waals surface area contributed by atoms with Crippen molar-refractivity contribution in [1.82, 2.24) is 9.78 Å². The van der Waals surface area contributed by atoms with Crippen LogP contribution in [-0.2, 0) is 11.3 Å². The summed E-state index contributed by atoms with van der Waals surface area (Å²) in [4.78, 5) is 24.0. The average molecular weight is 345 g/mol. The SMILES string of the molecule is COc1ccc(OC)c(NC(=O)Cn2nc(-c3ccco3)oc2=O)c1. The van der Waals surface area contributed by atoms with Crippen LogP contribution in [0.15, 0.2) is 50.2 Å². The summed E-state index contributed by atoms with van der Waals surface area (Å²) in [7, 11) is 2.99. The minimum Gasteiger partial charge on any atom is -0.497 e. The number of rotatable bonds is 6. The van der Waals surface area contributed by atoms with Crippen LogP contribution in [0.1, 0.15) is 0 Å². The molecule has 0 aliphatic rings. The lowest BCUT2D eigenvalue weighted by atomic mass is 10.2. The maximum atomic E-state index is 12.2. The van der Waals surface area contributed by atoms with Gasteiger partial charge in [-0.2, -0.15) is 4.68 Å². The Hall–Kier alpha value is -3.49. The quantitative estimate of drug-likeness (QED) is 0.725. The van der Waals surface area contributed by atoms with E-state index in [2.05, 4.69) is 10.4 Å². The van der Waals surface area contributed by atoms with Gasteiger partial charge in [0.25, 0.3) is 5.89 Å². The van der Waals surface area contributed by atoms with Gasteiger partial charge in [-0.05, 0) is 24.3 Å². The first-order valence-electron chi connectivity index (χ1n) is 7.24. The number of hydrogen-bond donors (Lipinski definition) is 1. The number of benzene rings is 1. The molecule has 0 saturated heterocycles. The van der Waals surface area contributed by atoms with Crippen molar-refractivity contribution in [2.24, 2.45) is 0 Å². The standard InChI is InChI=1S/C16H15N3O6/c1-22-10-5-6-12(23-2)11(8-10)17-14(20)9-19-16(21)25-15(18-19)13-4-3-7-24-13/h3-8H,9H2,1-2H3,(H,17,20). The number of carbonyl (C=O) groups is 1.